The summed E-state index contributed by atoms with van der Waals surface area (Å²) in [5.74, 6) is -0.277. The van der Waals surface area contributed by atoms with Gasteiger partial charge in [0.05, 0.1) is 16.1 Å². The number of likely N-dealkylation sites (tertiary alicyclic amines) is 1. The Morgan fingerprint density at radius 1 is 1.12 bits per heavy atom. The van der Waals surface area contributed by atoms with E-state index >= 15 is 0 Å². The standard InChI is InChI=1S/C31H46N4O4S/c1-20(2)15-17-39-31(7,8)29(38)34-26(30(4,5)6)28(37)35-16-9-10-24(35)27(36)32-18-22-11-13-23(14-12-22)25-21(3)33-19-40-25/h11-14,19-20,24,26H,9-10,15-18H2,1-8H3,(H,32,36)(H,34,38). The van der Waals surface area contributed by atoms with Gasteiger partial charge in [-0.2, -0.15) is 0 Å². The average molecular weight is 571 g/mol. The molecule has 1 saturated heterocycles. The van der Waals surface area contributed by atoms with Crippen molar-refractivity contribution in [1.29, 1.82) is 0 Å². The van der Waals surface area contributed by atoms with Crippen molar-refractivity contribution < 1.29 is 19.1 Å². The second kappa shape index (κ2) is 13.3. The van der Waals surface area contributed by atoms with Crippen molar-refractivity contribution in [2.24, 2.45) is 11.3 Å². The molecular formula is C31H46N4O4S. The SMILES string of the molecule is Cc1ncsc1-c1ccc(CNC(=O)C2CCCN2C(=O)C(NC(=O)C(C)(C)OCCC(C)C)C(C)(C)C)cc1. The van der Waals surface area contributed by atoms with E-state index in [1.807, 2.05) is 57.5 Å². The number of aryl methyl sites for hydroxylation is 1. The summed E-state index contributed by atoms with van der Waals surface area (Å²) in [4.78, 5) is 47.4. The van der Waals surface area contributed by atoms with Crippen molar-refractivity contribution in [2.45, 2.75) is 98.9 Å². The molecule has 2 atom stereocenters. The van der Waals surface area contributed by atoms with Crippen molar-refractivity contribution in [3.63, 3.8) is 0 Å². The van der Waals surface area contributed by atoms with Crippen LogP contribution in [0.25, 0.3) is 10.4 Å². The topological polar surface area (TPSA) is 101 Å². The van der Waals surface area contributed by atoms with Gasteiger partial charge in [-0.25, -0.2) is 4.98 Å². The number of nitrogens with zero attached hydrogens (tertiary/aromatic N) is 2. The number of aromatic nitrogens is 1. The molecule has 1 aliphatic rings. The van der Waals surface area contributed by atoms with E-state index in [2.05, 4.69) is 29.5 Å². The lowest BCUT2D eigenvalue weighted by atomic mass is 9.85. The molecule has 2 N–H and O–H groups in total. The molecule has 0 saturated carbocycles. The lowest BCUT2D eigenvalue weighted by Gasteiger charge is -2.37. The fourth-order valence-electron chi connectivity index (χ4n) is 4.70. The molecule has 1 aromatic carbocycles. The van der Waals surface area contributed by atoms with E-state index in [0.29, 0.717) is 32.0 Å². The minimum atomic E-state index is -1.07. The predicted molar refractivity (Wildman–Crippen MR) is 160 cm³/mol. The summed E-state index contributed by atoms with van der Waals surface area (Å²) >= 11 is 1.61. The van der Waals surface area contributed by atoms with Crippen LogP contribution in [0.5, 0.6) is 0 Å². The minimum absolute atomic E-state index is 0.176. The highest BCUT2D eigenvalue weighted by Gasteiger charge is 2.43. The molecule has 1 aromatic heterocycles. The van der Waals surface area contributed by atoms with E-state index in [4.69, 9.17) is 4.74 Å². The van der Waals surface area contributed by atoms with Crippen molar-refractivity contribution >= 4 is 29.1 Å². The van der Waals surface area contributed by atoms with Gasteiger partial charge in [0.15, 0.2) is 0 Å². The largest absolute Gasteiger partial charge is 0.366 e. The number of nitrogens with one attached hydrogen (secondary N) is 2. The minimum Gasteiger partial charge on any atom is -0.366 e. The number of amides is 3. The third-order valence-electron chi connectivity index (χ3n) is 7.36. The van der Waals surface area contributed by atoms with Gasteiger partial charge in [-0.1, -0.05) is 58.9 Å². The van der Waals surface area contributed by atoms with E-state index in [-0.39, 0.29) is 17.7 Å². The molecule has 2 unspecified atom stereocenters. The number of thiazole rings is 1. The van der Waals surface area contributed by atoms with Crippen molar-refractivity contribution in [3.05, 3.63) is 41.0 Å². The van der Waals surface area contributed by atoms with Gasteiger partial charge in [-0.05, 0) is 62.5 Å². The number of ether oxygens (including phenoxy) is 1. The molecule has 3 rings (SSSR count). The highest BCUT2D eigenvalue weighted by Crippen LogP contribution is 2.28. The Hall–Kier alpha value is -2.78. The third-order valence-corrected chi connectivity index (χ3v) is 8.34. The van der Waals surface area contributed by atoms with Crippen LogP contribution in [0, 0.1) is 18.3 Å². The Morgan fingerprint density at radius 2 is 1.80 bits per heavy atom. The monoisotopic (exact) mass is 570 g/mol. The molecule has 1 fully saturated rings. The lowest BCUT2D eigenvalue weighted by molar-refractivity contribution is -0.150. The molecule has 40 heavy (non-hydrogen) atoms. The van der Waals surface area contributed by atoms with Gasteiger partial charge >= 0.3 is 0 Å². The van der Waals surface area contributed by atoms with Gasteiger partial charge in [0.2, 0.25) is 11.8 Å². The van der Waals surface area contributed by atoms with E-state index in [1.54, 1.807) is 30.1 Å². The summed E-state index contributed by atoms with van der Waals surface area (Å²) in [5.41, 5.74) is 3.30. The van der Waals surface area contributed by atoms with E-state index in [9.17, 15) is 14.4 Å². The zero-order valence-electron chi connectivity index (χ0n) is 25.3. The maximum absolute atomic E-state index is 13.8. The van der Waals surface area contributed by atoms with Crippen LogP contribution in [0.4, 0.5) is 0 Å². The van der Waals surface area contributed by atoms with Gasteiger partial charge in [-0.3, -0.25) is 14.4 Å². The van der Waals surface area contributed by atoms with Crippen molar-refractivity contribution in [3.8, 4) is 10.4 Å². The summed E-state index contributed by atoms with van der Waals surface area (Å²) < 4.78 is 5.88. The summed E-state index contributed by atoms with van der Waals surface area (Å²) in [6.07, 6.45) is 2.18. The first-order valence-corrected chi connectivity index (χ1v) is 15.1. The molecule has 3 amide bonds. The van der Waals surface area contributed by atoms with Crippen LogP contribution in [0.2, 0.25) is 0 Å². The molecule has 220 valence electrons. The second-order valence-electron chi connectivity index (χ2n) is 12.7. The Balaban J connectivity index is 1.63. The van der Waals surface area contributed by atoms with Gasteiger partial charge in [0, 0.05) is 19.7 Å². The zero-order valence-corrected chi connectivity index (χ0v) is 26.1. The average Bonchev–Trinajstić information content (AvgIpc) is 3.54. The van der Waals surface area contributed by atoms with Crippen LogP contribution < -0.4 is 10.6 Å². The van der Waals surface area contributed by atoms with Gasteiger partial charge in [-0.15, -0.1) is 11.3 Å². The van der Waals surface area contributed by atoms with Crippen molar-refractivity contribution in [2.75, 3.05) is 13.2 Å². The fourth-order valence-corrected chi connectivity index (χ4v) is 5.51. The zero-order chi connectivity index (χ0) is 29.7. The molecule has 0 aliphatic carbocycles. The van der Waals surface area contributed by atoms with Gasteiger partial charge < -0.3 is 20.3 Å². The van der Waals surface area contributed by atoms with Gasteiger partial charge in [0.25, 0.3) is 5.91 Å². The van der Waals surface area contributed by atoms with Crippen LogP contribution in [0.3, 0.4) is 0 Å². The number of benzene rings is 1. The van der Waals surface area contributed by atoms with Crippen molar-refractivity contribution in [1.82, 2.24) is 20.5 Å². The lowest BCUT2D eigenvalue weighted by Crippen LogP contribution is -2.60. The highest BCUT2D eigenvalue weighted by molar-refractivity contribution is 7.13. The summed E-state index contributed by atoms with van der Waals surface area (Å²) in [6, 6.07) is 6.73. The van der Waals surface area contributed by atoms with E-state index < -0.39 is 23.1 Å². The molecule has 9 heteroatoms. The summed E-state index contributed by atoms with van der Waals surface area (Å²) in [7, 11) is 0. The predicted octanol–water partition coefficient (Wildman–Crippen LogP) is 5.10. The Labute approximate surface area is 243 Å². The Morgan fingerprint density at radius 3 is 2.38 bits per heavy atom. The number of hydrogen-bond acceptors (Lipinski definition) is 6. The maximum Gasteiger partial charge on any atom is 0.252 e. The van der Waals surface area contributed by atoms with E-state index in [1.165, 1.54) is 0 Å². The maximum atomic E-state index is 13.8. The van der Waals surface area contributed by atoms with E-state index in [0.717, 1.165) is 34.5 Å². The third kappa shape index (κ3) is 8.13. The normalized spacial score (nSPS) is 16.7. The number of hydrogen-bond donors (Lipinski definition) is 2. The first-order chi connectivity index (χ1) is 18.7. The number of carbonyl (C=O) groups is 3. The molecule has 2 aromatic rings. The van der Waals surface area contributed by atoms with Crippen LogP contribution >= 0.6 is 11.3 Å². The molecular weight excluding hydrogens is 524 g/mol. The molecule has 8 nitrogen and oxygen atoms in total. The van der Waals surface area contributed by atoms with Crippen LogP contribution in [0.1, 0.15) is 79.0 Å². The van der Waals surface area contributed by atoms with Crippen LogP contribution in [-0.4, -0.2) is 58.4 Å². The Kier molecular flexibility index (Phi) is 10.5. The second-order valence-corrected chi connectivity index (χ2v) is 13.5. The van der Waals surface area contributed by atoms with Crippen LogP contribution in [-0.2, 0) is 25.7 Å². The smallest absolute Gasteiger partial charge is 0.252 e. The molecule has 0 radical (unpaired) electrons. The fraction of sp³-hybridized carbons (Fsp3) is 0.613. The molecule has 1 aliphatic heterocycles. The summed E-state index contributed by atoms with van der Waals surface area (Å²) in [6.45, 7) is 16.7. The number of rotatable bonds is 11. The Bertz CT molecular complexity index is 1170. The first-order valence-electron chi connectivity index (χ1n) is 14.2. The molecule has 2 heterocycles. The first kappa shape index (κ1) is 31.7. The molecule has 0 bridgehead atoms. The van der Waals surface area contributed by atoms with Crippen LogP contribution in [0.15, 0.2) is 29.8 Å². The van der Waals surface area contributed by atoms with Gasteiger partial charge in [0.1, 0.15) is 17.7 Å². The summed E-state index contributed by atoms with van der Waals surface area (Å²) in [5, 5.41) is 5.98. The molecule has 0 spiro atoms. The highest BCUT2D eigenvalue weighted by atomic mass is 32.1. The number of carbonyl (C=O) groups excluding carboxylic acids is 3. The quantitative estimate of drug-likeness (QED) is 0.392.